The van der Waals surface area contributed by atoms with Gasteiger partial charge in [0.15, 0.2) is 0 Å². The lowest BCUT2D eigenvalue weighted by Gasteiger charge is -2.16. The third kappa shape index (κ3) is 5.21. The van der Waals surface area contributed by atoms with Gasteiger partial charge in [-0.1, -0.05) is 35.3 Å². The molecule has 0 aliphatic rings. The van der Waals surface area contributed by atoms with Crippen molar-refractivity contribution < 1.29 is 9.59 Å². The molecular formula is C19H20Cl2N2O2. The van der Waals surface area contributed by atoms with Gasteiger partial charge in [0.05, 0.1) is 12.6 Å². The fourth-order valence-corrected chi connectivity index (χ4v) is 2.94. The van der Waals surface area contributed by atoms with E-state index in [1.165, 1.54) is 0 Å². The van der Waals surface area contributed by atoms with Crippen molar-refractivity contribution in [3.8, 4) is 0 Å². The first-order valence-corrected chi connectivity index (χ1v) is 8.63. The summed E-state index contributed by atoms with van der Waals surface area (Å²) in [5, 5.41) is 6.44. The molecule has 0 aromatic heterocycles. The van der Waals surface area contributed by atoms with Gasteiger partial charge in [0.1, 0.15) is 0 Å². The molecule has 2 aromatic rings. The largest absolute Gasteiger partial charge is 0.348 e. The van der Waals surface area contributed by atoms with Crippen molar-refractivity contribution >= 4 is 35.0 Å². The Morgan fingerprint density at radius 2 is 1.76 bits per heavy atom. The second kappa shape index (κ2) is 8.37. The average molecular weight is 379 g/mol. The summed E-state index contributed by atoms with van der Waals surface area (Å²) >= 11 is 12.0. The zero-order valence-electron chi connectivity index (χ0n) is 14.3. The van der Waals surface area contributed by atoms with E-state index in [0.29, 0.717) is 15.6 Å². The molecule has 0 radical (unpaired) electrons. The topological polar surface area (TPSA) is 58.2 Å². The molecule has 0 saturated heterocycles. The van der Waals surface area contributed by atoms with Crippen LogP contribution in [0, 0.1) is 13.8 Å². The van der Waals surface area contributed by atoms with E-state index in [9.17, 15) is 9.59 Å². The summed E-state index contributed by atoms with van der Waals surface area (Å²) in [7, 11) is 0. The third-order valence-corrected chi connectivity index (χ3v) is 4.55. The van der Waals surface area contributed by atoms with Crippen molar-refractivity contribution in [2.75, 3.05) is 6.54 Å². The molecule has 2 amide bonds. The number of hydrogen-bond donors (Lipinski definition) is 2. The Morgan fingerprint density at radius 1 is 1.04 bits per heavy atom. The molecular weight excluding hydrogens is 359 g/mol. The molecule has 0 bridgehead atoms. The Bertz CT molecular complexity index is 806. The van der Waals surface area contributed by atoms with Crippen molar-refractivity contribution in [3.05, 3.63) is 68.7 Å². The molecule has 2 rings (SSSR count). The van der Waals surface area contributed by atoms with Crippen LogP contribution >= 0.6 is 23.2 Å². The van der Waals surface area contributed by atoms with E-state index in [0.717, 1.165) is 16.7 Å². The van der Waals surface area contributed by atoms with Crippen LogP contribution < -0.4 is 10.6 Å². The number of halogens is 2. The Morgan fingerprint density at radius 3 is 2.40 bits per heavy atom. The van der Waals surface area contributed by atoms with Crippen molar-refractivity contribution in [3.63, 3.8) is 0 Å². The lowest BCUT2D eigenvalue weighted by atomic mass is 10.1. The quantitative estimate of drug-likeness (QED) is 0.817. The van der Waals surface area contributed by atoms with Gasteiger partial charge in [-0.25, -0.2) is 0 Å². The Balaban J connectivity index is 1.91. The first kappa shape index (κ1) is 19.3. The fraction of sp³-hybridized carbons (Fsp3) is 0.263. The van der Waals surface area contributed by atoms with Crippen LogP contribution in [0.4, 0.5) is 0 Å². The lowest BCUT2D eigenvalue weighted by molar-refractivity contribution is -0.120. The lowest BCUT2D eigenvalue weighted by Crippen LogP contribution is -2.38. The van der Waals surface area contributed by atoms with Gasteiger partial charge in [0.25, 0.3) is 5.91 Å². The molecule has 2 N–H and O–H groups in total. The number of aryl methyl sites for hydroxylation is 2. The molecule has 0 unspecified atom stereocenters. The van der Waals surface area contributed by atoms with Gasteiger partial charge in [-0.2, -0.15) is 0 Å². The van der Waals surface area contributed by atoms with Crippen LogP contribution in [0.25, 0.3) is 0 Å². The zero-order valence-corrected chi connectivity index (χ0v) is 15.8. The molecule has 2 aromatic carbocycles. The molecule has 0 fully saturated rings. The van der Waals surface area contributed by atoms with Crippen molar-refractivity contribution in [1.29, 1.82) is 0 Å². The maximum Gasteiger partial charge on any atom is 0.251 e. The van der Waals surface area contributed by atoms with E-state index < -0.39 is 0 Å². The highest BCUT2D eigenvalue weighted by atomic mass is 35.5. The number of carbonyl (C=O) groups excluding carboxylic acids is 2. The van der Waals surface area contributed by atoms with Crippen LogP contribution in [-0.2, 0) is 4.79 Å². The van der Waals surface area contributed by atoms with Gasteiger partial charge in [0, 0.05) is 15.6 Å². The predicted molar refractivity (Wildman–Crippen MR) is 101 cm³/mol. The van der Waals surface area contributed by atoms with E-state index >= 15 is 0 Å². The highest BCUT2D eigenvalue weighted by Crippen LogP contribution is 2.25. The van der Waals surface area contributed by atoms with Crippen molar-refractivity contribution in [2.24, 2.45) is 0 Å². The van der Waals surface area contributed by atoms with Crippen LogP contribution in [0.1, 0.15) is 40.0 Å². The van der Waals surface area contributed by atoms with E-state index in [4.69, 9.17) is 23.2 Å². The van der Waals surface area contributed by atoms with Gasteiger partial charge in [-0.3, -0.25) is 9.59 Å². The molecule has 0 saturated carbocycles. The Hall–Kier alpha value is -2.04. The first-order valence-electron chi connectivity index (χ1n) is 7.87. The minimum atomic E-state index is -0.296. The van der Waals surface area contributed by atoms with Crippen LogP contribution in [0.15, 0.2) is 36.4 Å². The highest BCUT2D eigenvalue weighted by Gasteiger charge is 2.14. The second-order valence-electron chi connectivity index (χ2n) is 5.94. The van der Waals surface area contributed by atoms with Crippen LogP contribution in [0.3, 0.4) is 0 Å². The number of amides is 2. The van der Waals surface area contributed by atoms with Gasteiger partial charge < -0.3 is 10.6 Å². The van der Waals surface area contributed by atoms with Crippen LogP contribution in [-0.4, -0.2) is 18.4 Å². The fourth-order valence-electron chi connectivity index (χ4n) is 2.37. The average Bonchev–Trinajstić information content (AvgIpc) is 2.55. The molecule has 6 heteroatoms. The van der Waals surface area contributed by atoms with Gasteiger partial charge in [-0.15, -0.1) is 0 Å². The number of benzene rings is 2. The van der Waals surface area contributed by atoms with E-state index in [-0.39, 0.29) is 24.4 Å². The smallest absolute Gasteiger partial charge is 0.251 e. The second-order valence-corrected chi connectivity index (χ2v) is 6.78. The van der Waals surface area contributed by atoms with E-state index in [1.54, 1.807) is 30.3 Å². The Kier molecular flexibility index (Phi) is 6.45. The molecule has 25 heavy (non-hydrogen) atoms. The monoisotopic (exact) mass is 378 g/mol. The zero-order chi connectivity index (χ0) is 18.6. The number of nitrogens with one attached hydrogen (secondary N) is 2. The summed E-state index contributed by atoms with van der Waals surface area (Å²) in [5.41, 5.74) is 3.44. The van der Waals surface area contributed by atoms with Gasteiger partial charge in [-0.05, 0) is 61.7 Å². The SMILES string of the molecule is Cc1ccc(C(=O)NCC(=O)N[C@@H](C)c2ccc(Cl)cc2Cl)cc1C. The van der Waals surface area contributed by atoms with Crippen molar-refractivity contribution in [2.45, 2.75) is 26.8 Å². The summed E-state index contributed by atoms with van der Waals surface area (Å²) in [6.07, 6.45) is 0. The molecule has 0 aliphatic carbocycles. The number of carbonyl (C=O) groups is 2. The van der Waals surface area contributed by atoms with E-state index in [2.05, 4.69) is 10.6 Å². The first-order chi connectivity index (χ1) is 11.8. The van der Waals surface area contributed by atoms with Gasteiger partial charge >= 0.3 is 0 Å². The van der Waals surface area contributed by atoms with Crippen LogP contribution in [0.5, 0.6) is 0 Å². The molecule has 132 valence electrons. The summed E-state index contributed by atoms with van der Waals surface area (Å²) in [6, 6.07) is 10.2. The summed E-state index contributed by atoms with van der Waals surface area (Å²) in [4.78, 5) is 24.2. The van der Waals surface area contributed by atoms with Crippen LogP contribution in [0.2, 0.25) is 10.0 Å². The maximum atomic E-state index is 12.1. The third-order valence-electron chi connectivity index (χ3n) is 3.99. The molecule has 0 aliphatic heterocycles. The Labute approximate surface area is 157 Å². The number of rotatable bonds is 5. The van der Waals surface area contributed by atoms with Gasteiger partial charge in [0.2, 0.25) is 5.91 Å². The molecule has 0 heterocycles. The molecule has 0 spiro atoms. The van der Waals surface area contributed by atoms with Crippen molar-refractivity contribution in [1.82, 2.24) is 10.6 Å². The summed E-state index contributed by atoms with van der Waals surface area (Å²) in [6.45, 7) is 5.63. The minimum absolute atomic E-state index is 0.110. The molecule has 1 atom stereocenters. The highest BCUT2D eigenvalue weighted by molar-refractivity contribution is 6.35. The standard InChI is InChI=1S/C19H20Cl2N2O2/c1-11-4-5-14(8-12(11)2)19(25)22-10-18(24)23-13(3)16-7-6-15(20)9-17(16)21/h4-9,13H,10H2,1-3H3,(H,22,25)(H,23,24)/t13-/m0/s1. The molecule has 4 nitrogen and oxygen atoms in total. The number of hydrogen-bond acceptors (Lipinski definition) is 2. The normalized spacial score (nSPS) is 11.7. The summed E-state index contributed by atoms with van der Waals surface area (Å²) in [5.74, 6) is -0.578. The summed E-state index contributed by atoms with van der Waals surface area (Å²) < 4.78 is 0. The van der Waals surface area contributed by atoms with E-state index in [1.807, 2.05) is 26.8 Å². The minimum Gasteiger partial charge on any atom is -0.348 e. The predicted octanol–water partition coefficient (Wildman–Crippen LogP) is 4.22. The maximum absolute atomic E-state index is 12.1.